The highest BCUT2D eigenvalue weighted by Gasteiger charge is 2.07. The lowest BCUT2D eigenvalue weighted by molar-refractivity contribution is 0.302. The molecule has 5 heteroatoms. The number of halogens is 1. The van der Waals surface area contributed by atoms with Gasteiger partial charge in [0.05, 0.1) is 16.2 Å². The van der Waals surface area contributed by atoms with Crippen molar-refractivity contribution in [1.82, 2.24) is 9.97 Å². The van der Waals surface area contributed by atoms with Crippen LogP contribution in [0.4, 0.5) is 0 Å². The Kier molecular flexibility index (Phi) is 3.94. The van der Waals surface area contributed by atoms with Crippen molar-refractivity contribution in [2.75, 3.05) is 0 Å². The molecule has 0 aliphatic carbocycles. The van der Waals surface area contributed by atoms with Crippen LogP contribution in [0.15, 0.2) is 54.0 Å². The third-order valence-electron chi connectivity index (χ3n) is 3.25. The van der Waals surface area contributed by atoms with E-state index in [0.717, 1.165) is 11.1 Å². The van der Waals surface area contributed by atoms with Crippen LogP contribution in [0.1, 0.15) is 11.3 Å². The molecule has 0 saturated heterocycles. The van der Waals surface area contributed by atoms with Gasteiger partial charge in [-0.2, -0.15) is 0 Å². The molecule has 3 aromatic rings. The van der Waals surface area contributed by atoms with Crippen LogP contribution < -0.4 is 10.3 Å². The Morgan fingerprint density at radius 3 is 2.91 bits per heavy atom. The quantitative estimate of drug-likeness (QED) is 0.797. The summed E-state index contributed by atoms with van der Waals surface area (Å²) in [5.74, 6) is 0.502. The number of aromatic amines is 1. The number of aromatic nitrogens is 2. The molecular formula is C17H13ClN2O2. The molecule has 1 aromatic carbocycles. The SMILES string of the molecule is C=Cc1cc2cc(Cl)c(OCc3ccccn3)cc2[nH]c1=O. The Hall–Kier alpha value is -2.59. The second-order valence-corrected chi connectivity index (χ2v) is 5.14. The van der Waals surface area contributed by atoms with E-state index in [1.165, 1.54) is 6.08 Å². The number of nitrogens with zero attached hydrogens (tertiary/aromatic N) is 1. The molecule has 0 radical (unpaired) electrons. The summed E-state index contributed by atoms with van der Waals surface area (Å²) in [6, 6.07) is 10.8. The molecule has 0 fully saturated rings. The van der Waals surface area contributed by atoms with Gasteiger partial charge in [-0.25, -0.2) is 0 Å². The highest BCUT2D eigenvalue weighted by molar-refractivity contribution is 6.32. The third-order valence-corrected chi connectivity index (χ3v) is 3.54. The first-order valence-corrected chi connectivity index (χ1v) is 7.07. The summed E-state index contributed by atoms with van der Waals surface area (Å²) < 4.78 is 5.69. The minimum absolute atomic E-state index is 0.194. The second-order valence-electron chi connectivity index (χ2n) is 4.74. The van der Waals surface area contributed by atoms with E-state index in [9.17, 15) is 4.79 Å². The number of H-pyrrole nitrogens is 1. The lowest BCUT2D eigenvalue weighted by Gasteiger charge is -2.09. The van der Waals surface area contributed by atoms with Gasteiger partial charge in [0, 0.05) is 23.2 Å². The first-order chi connectivity index (χ1) is 10.7. The number of hydrogen-bond acceptors (Lipinski definition) is 3. The summed E-state index contributed by atoms with van der Waals surface area (Å²) in [5, 5.41) is 1.30. The van der Waals surface area contributed by atoms with E-state index in [2.05, 4.69) is 16.5 Å². The summed E-state index contributed by atoms with van der Waals surface area (Å²) in [6.45, 7) is 3.92. The third kappa shape index (κ3) is 2.87. The Morgan fingerprint density at radius 2 is 2.18 bits per heavy atom. The van der Waals surface area contributed by atoms with Crippen LogP contribution in [0.2, 0.25) is 5.02 Å². The molecule has 0 spiro atoms. The first-order valence-electron chi connectivity index (χ1n) is 6.69. The van der Waals surface area contributed by atoms with E-state index in [4.69, 9.17) is 16.3 Å². The average molecular weight is 313 g/mol. The Bertz CT molecular complexity index is 888. The van der Waals surface area contributed by atoms with Gasteiger partial charge in [0.15, 0.2) is 0 Å². The Balaban J connectivity index is 1.95. The molecule has 0 unspecified atom stereocenters. The van der Waals surface area contributed by atoms with Gasteiger partial charge in [0.1, 0.15) is 12.4 Å². The van der Waals surface area contributed by atoms with Crippen molar-refractivity contribution in [3.8, 4) is 5.75 Å². The van der Waals surface area contributed by atoms with Crippen molar-refractivity contribution < 1.29 is 4.74 Å². The maximum atomic E-state index is 11.8. The Labute approximate surface area is 132 Å². The van der Waals surface area contributed by atoms with E-state index in [1.54, 1.807) is 24.4 Å². The molecule has 0 atom stereocenters. The number of nitrogens with one attached hydrogen (secondary N) is 1. The highest BCUT2D eigenvalue weighted by atomic mass is 35.5. The van der Waals surface area contributed by atoms with Gasteiger partial charge in [0.2, 0.25) is 0 Å². The molecule has 0 aliphatic rings. The summed E-state index contributed by atoms with van der Waals surface area (Å²) in [4.78, 5) is 18.8. The largest absolute Gasteiger partial charge is 0.486 e. The number of fused-ring (bicyclic) bond motifs is 1. The number of hydrogen-bond donors (Lipinski definition) is 1. The van der Waals surface area contributed by atoms with Crippen LogP contribution in [0.25, 0.3) is 17.0 Å². The van der Waals surface area contributed by atoms with Gasteiger partial charge >= 0.3 is 0 Å². The predicted molar refractivity (Wildman–Crippen MR) is 88.2 cm³/mol. The zero-order valence-corrected chi connectivity index (χ0v) is 12.4. The highest BCUT2D eigenvalue weighted by Crippen LogP contribution is 2.29. The molecule has 1 N–H and O–H groups in total. The number of ether oxygens (including phenoxy) is 1. The molecular weight excluding hydrogens is 300 g/mol. The van der Waals surface area contributed by atoms with Gasteiger partial charge in [-0.1, -0.05) is 30.3 Å². The monoisotopic (exact) mass is 312 g/mol. The maximum absolute atomic E-state index is 11.8. The van der Waals surface area contributed by atoms with Crippen LogP contribution in [-0.4, -0.2) is 9.97 Å². The standard InChI is InChI=1S/C17H13ClN2O2/c1-2-11-7-12-8-14(18)16(9-15(12)20-17(11)21)22-10-13-5-3-4-6-19-13/h2-9H,1,10H2,(H,20,21). The van der Waals surface area contributed by atoms with E-state index in [1.807, 2.05) is 18.2 Å². The molecule has 0 amide bonds. The topological polar surface area (TPSA) is 55.0 Å². The van der Waals surface area contributed by atoms with E-state index in [0.29, 0.717) is 28.5 Å². The lowest BCUT2D eigenvalue weighted by atomic mass is 10.1. The summed E-state index contributed by atoms with van der Waals surface area (Å²) in [5.41, 5.74) is 1.77. The first kappa shape index (κ1) is 14.4. The van der Waals surface area contributed by atoms with Crippen LogP contribution in [0, 0.1) is 0 Å². The van der Waals surface area contributed by atoms with E-state index < -0.39 is 0 Å². The summed E-state index contributed by atoms with van der Waals surface area (Å²) in [7, 11) is 0. The van der Waals surface area contributed by atoms with Crippen molar-refractivity contribution in [2.45, 2.75) is 6.61 Å². The van der Waals surface area contributed by atoms with Crippen LogP contribution in [0.5, 0.6) is 5.75 Å². The van der Waals surface area contributed by atoms with Crippen LogP contribution >= 0.6 is 11.6 Å². The van der Waals surface area contributed by atoms with Crippen LogP contribution in [0.3, 0.4) is 0 Å². The molecule has 0 aliphatic heterocycles. The fourth-order valence-electron chi connectivity index (χ4n) is 2.12. The van der Waals surface area contributed by atoms with Crippen molar-refractivity contribution >= 4 is 28.6 Å². The van der Waals surface area contributed by atoms with Crippen LogP contribution in [-0.2, 0) is 6.61 Å². The lowest BCUT2D eigenvalue weighted by Crippen LogP contribution is -2.08. The van der Waals surface area contributed by atoms with Gasteiger partial charge in [0.25, 0.3) is 5.56 Å². The van der Waals surface area contributed by atoms with E-state index in [-0.39, 0.29) is 5.56 Å². The van der Waals surface area contributed by atoms with Crippen molar-refractivity contribution in [3.63, 3.8) is 0 Å². The average Bonchev–Trinajstić information content (AvgIpc) is 2.54. The normalized spacial score (nSPS) is 10.6. The van der Waals surface area contributed by atoms with Gasteiger partial charge in [-0.3, -0.25) is 9.78 Å². The molecule has 0 bridgehead atoms. The van der Waals surface area contributed by atoms with Crippen molar-refractivity contribution in [2.24, 2.45) is 0 Å². The minimum Gasteiger partial charge on any atom is -0.486 e. The molecule has 2 aromatic heterocycles. The molecule has 3 rings (SSSR count). The number of benzene rings is 1. The summed E-state index contributed by atoms with van der Waals surface area (Å²) >= 11 is 6.24. The second kappa shape index (κ2) is 6.03. The Morgan fingerprint density at radius 1 is 1.32 bits per heavy atom. The zero-order valence-electron chi connectivity index (χ0n) is 11.7. The van der Waals surface area contributed by atoms with Crippen molar-refractivity contribution in [3.05, 3.63) is 75.8 Å². The molecule has 2 heterocycles. The number of pyridine rings is 2. The molecule has 110 valence electrons. The smallest absolute Gasteiger partial charge is 0.255 e. The molecule has 0 saturated carbocycles. The molecule has 4 nitrogen and oxygen atoms in total. The fraction of sp³-hybridized carbons (Fsp3) is 0.0588. The van der Waals surface area contributed by atoms with Crippen molar-refractivity contribution in [1.29, 1.82) is 0 Å². The predicted octanol–water partition coefficient (Wildman–Crippen LogP) is 3.80. The minimum atomic E-state index is -0.194. The maximum Gasteiger partial charge on any atom is 0.255 e. The van der Waals surface area contributed by atoms with E-state index >= 15 is 0 Å². The number of rotatable bonds is 4. The fourth-order valence-corrected chi connectivity index (χ4v) is 2.35. The molecule has 22 heavy (non-hydrogen) atoms. The van der Waals surface area contributed by atoms with Gasteiger partial charge in [-0.15, -0.1) is 0 Å². The zero-order chi connectivity index (χ0) is 15.5. The van der Waals surface area contributed by atoms with Gasteiger partial charge < -0.3 is 9.72 Å². The van der Waals surface area contributed by atoms with Gasteiger partial charge in [-0.05, 0) is 24.3 Å². The summed E-state index contributed by atoms with van der Waals surface area (Å²) in [6.07, 6.45) is 3.21.